The molecule has 32 heavy (non-hydrogen) atoms. The van der Waals surface area contributed by atoms with Crippen LogP contribution in [0.1, 0.15) is 55.0 Å². The quantitative estimate of drug-likeness (QED) is 0.588. The maximum Gasteiger partial charge on any atom is 0.325 e. The Labute approximate surface area is 189 Å². The maximum atomic E-state index is 12.4. The summed E-state index contributed by atoms with van der Waals surface area (Å²) >= 11 is 0. The fraction of sp³-hybridized carbons (Fsp3) is 0.480. The molecule has 3 heterocycles. The fourth-order valence-electron chi connectivity index (χ4n) is 4.68. The molecule has 1 aromatic carbocycles. The van der Waals surface area contributed by atoms with Crippen molar-refractivity contribution in [2.75, 3.05) is 25.0 Å². The fourth-order valence-corrected chi connectivity index (χ4v) is 4.68. The summed E-state index contributed by atoms with van der Waals surface area (Å²) in [6.45, 7) is 2.29. The van der Waals surface area contributed by atoms with Gasteiger partial charge in [0.2, 0.25) is 5.91 Å². The van der Waals surface area contributed by atoms with Crippen LogP contribution in [0.4, 0.5) is 5.82 Å². The van der Waals surface area contributed by atoms with Crippen LogP contribution in [0.3, 0.4) is 0 Å². The zero-order valence-corrected chi connectivity index (χ0v) is 18.4. The van der Waals surface area contributed by atoms with Crippen molar-refractivity contribution in [2.24, 2.45) is 0 Å². The van der Waals surface area contributed by atoms with Crippen molar-refractivity contribution in [1.82, 2.24) is 15.2 Å². The second kappa shape index (κ2) is 10.6. The molecule has 0 spiro atoms. The SMILES string of the molecule is O=C(CCCc1ccc2c(n1)NCCC2)NC1CCN(C(C(=O)O)c2ccccc2)CC1. The zero-order chi connectivity index (χ0) is 22.3. The van der Waals surface area contributed by atoms with Crippen LogP contribution in [0.2, 0.25) is 0 Å². The Kier molecular flexibility index (Phi) is 7.37. The number of benzene rings is 1. The lowest BCUT2D eigenvalue weighted by Gasteiger charge is -2.36. The van der Waals surface area contributed by atoms with E-state index >= 15 is 0 Å². The van der Waals surface area contributed by atoms with E-state index in [9.17, 15) is 14.7 Å². The highest BCUT2D eigenvalue weighted by Crippen LogP contribution is 2.25. The number of aliphatic carboxylic acids is 1. The molecule has 0 bridgehead atoms. The lowest BCUT2D eigenvalue weighted by molar-refractivity contribution is -0.144. The minimum absolute atomic E-state index is 0.0670. The van der Waals surface area contributed by atoms with Crippen molar-refractivity contribution in [1.29, 1.82) is 0 Å². The topological polar surface area (TPSA) is 94.6 Å². The maximum absolute atomic E-state index is 12.4. The van der Waals surface area contributed by atoms with Crippen LogP contribution in [0, 0.1) is 0 Å². The minimum atomic E-state index is -0.829. The summed E-state index contributed by atoms with van der Waals surface area (Å²) in [5, 5.41) is 16.2. The number of aryl methyl sites for hydroxylation is 2. The number of amides is 1. The first-order valence-electron chi connectivity index (χ1n) is 11.6. The van der Waals surface area contributed by atoms with Crippen LogP contribution in [0.15, 0.2) is 42.5 Å². The number of carboxylic acid groups (broad SMARTS) is 1. The van der Waals surface area contributed by atoms with E-state index in [2.05, 4.69) is 22.8 Å². The molecule has 0 saturated carbocycles. The van der Waals surface area contributed by atoms with Crippen LogP contribution >= 0.6 is 0 Å². The molecular formula is C25H32N4O3. The van der Waals surface area contributed by atoms with Crippen LogP contribution in [0.5, 0.6) is 0 Å². The molecule has 2 aliphatic rings. The average molecular weight is 437 g/mol. The molecule has 7 heteroatoms. The second-order valence-corrected chi connectivity index (χ2v) is 8.72. The normalized spacial score (nSPS) is 17.8. The third-order valence-corrected chi connectivity index (χ3v) is 6.40. The van der Waals surface area contributed by atoms with Gasteiger partial charge >= 0.3 is 5.97 Å². The largest absolute Gasteiger partial charge is 0.480 e. The van der Waals surface area contributed by atoms with Crippen LogP contribution < -0.4 is 10.6 Å². The molecule has 1 saturated heterocycles. The highest BCUT2D eigenvalue weighted by atomic mass is 16.4. The van der Waals surface area contributed by atoms with Crippen molar-refractivity contribution in [3.05, 3.63) is 59.3 Å². The minimum Gasteiger partial charge on any atom is -0.480 e. The Morgan fingerprint density at radius 2 is 1.94 bits per heavy atom. The standard InChI is InChI=1S/C25H32N4O3/c30-22(10-4-9-20-12-11-19-8-5-15-26-24(19)28-20)27-21-13-16-29(17-14-21)23(25(31)32)18-6-2-1-3-7-18/h1-3,6-7,11-12,21,23H,4-5,8-10,13-17H2,(H,26,28)(H,27,30)(H,31,32). The summed E-state index contributed by atoms with van der Waals surface area (Å²) in [7, 11) is 0. The van der Waals surface area contributed by atoms with E-state index in [0.29, 0.717) is 19.5 Å². The Morgan fingerprint density at radius 1 is 1.16 bits per heavy atom. The van der Waals surface area contributed by atoms with E-state index in [1.807, 2.05) is 35.2 Å². The predicted octanol–water partition coefficient (Wildman–Crippen LogP) is 3.17. The van der Waals surface area contributed by atoms with Gasteiger partial charge in [-0.25, -0.2) is 4.98 Å². The molecule has 1 aromatic heterocycles. The Bertz CT molecular complexity index is 926. The van der Waals surface area contributed by atoms with Gasteiger partial charge in [0, 0.05) is 37.8 Å². The summed E-state index contributed by atoms with van der Waals surface area (Å²) in [5.74, 6) is 0.238. The van der Waals surface area contributed by atoms with Crippen molar-refractivity contribution in [2.45, 2.75) is 57.0 Å². The summed E-state index contributed by atoms with van der Waals surface area (Å²) in [6, 6.07) is 13.1. The lowest BCUT2D eigenvalue weighted by atomic mass is 9.99. The van der Waals surface area contributed by atoms with Crippen LogP contribution in [-0.2, 0) is 22.4 Å². The molecule has 4 rings (SSSR count). The summed E-state index contributed by atoms with van der Waals surface area (Å²) in [5.41, 5.74) is 3.11. The van der Waals surface area contributed by atoms with Crippen molar-refractivity contribution >= 4 is 17.7 Å². The number of likely N-dealkylation sites (tertiary alicyclic amines) is 1. The molecule has 170 valence electrons. The Hall–Kier alpha value is -2.93. The summed E-state index contributed by atoms with van der Waals surface area (Å²) in [4.78, 5) is 31.0. The number of carbonyl (C=O) groups is 2. The molecule has 1 atom stereocenters. The van der Waals surface area contributed by atoms with Crippen molar-refractivity contribution in [3.8, 4) is 0 Å². The molecular weight excluding hydrogens is 404 g/mol. The van der Waals surface area contributed by atoms with Crippen molar-refractivity contribution < 1.29 is 14.7 Å². The average Bonchev–Trinajstić information content (AvgIpc) is 2.81. The first-order chi connectivity index (χ1) is 15.6. The number of hydrogen-bond acceptors (Lipinski definition) is 5. The van der Waals surface area contributed by atoms with E-state index in [4.69, 9.17) is 4.98 Å². The molecule has 1 fully saturated rings. The number of fused-ring (bicyclic) bond motifs is 1. The number of rotatable bonds is 8. The number of aromatic nitrogens is 1. The summed E-state index contributed by atoms with van der Waals surface area (Å²) < 4.78 is 0. The third kappa shape index (κ3) is 5.65. The number of anilines is 1. The number of carbonyl (C=O) groups excluding carboxylic acids is 1. The van der Waals surface area contributed by atoms with Crippen LogP contribution in [-0.4, -0.2) is 52.5 Å². The van der Waals surface area contributed by atoms with E-state index in [1.54, 1.807) is 0 Å². The van der Waals surface area contributed by atoms with Gasteiger partial charge in [0.15, 0.2) is 0 Å². The van der Waals surface area contributed by atoms with Gasteiger partial charge in [0.1, 0.15) is 11.9 Å². The third-order valence-electron chi connectivity index (χ3n) is 6.40. The van der Waals surface area contributed by atoms with Gasteiger partial charge in [-0.1, -0.05) is 36.4 Å². The Morgan fingerprint density at radius 3 is 2.69 bits per heavy atom. The van der Waals surface area contributed by atoms with E-state index in [-0.39, 0.29) is 11.9 Å². The zero-order valence-electron chi connectivity index (χ0n) is 18.4. The molecule has 3 N–H and O–H groups in total. The number of piperidine rings is 1. The molecule has 2 aliphatic heterocycles. The highest BCUT2D eigenvalue weighted by molar-refractivity contribution is 5.76. The molecule has 2 aromatic rings. The monoisotopic (exact) mass is 436 g/mol. The van der Waals surface area contributed by atoms with Gasteiger partial charge in [0.05, 0.1) is 0 Å². The van der Waals surface area contributed by atoms with E-state index in [1.165, 1.54) is 5.56 Å². The molecule has 0 radical (unpaired) electrons. The number of nitrogens with zero attached hydrogens (tertiary/aromatic N) is 2. The summed E-state index contributed by atoms with van der Waals surface area (Å²) in [6.07, 6.45) is 5.80. The lowest BCUT2D eigenvalue weighted by Crippen LogP contribution is -2.47. The molecule has 1 unspecified atom stereocenters. The van der Waals surface area contributed by atoms with Crippen LogP contribution in [0.25, 0.3) is 0 Å². The number of hydrogen-bond donors (Lipinski definition) is 3. The first kappa shape index (κ1) is 22.3. The second-order valence-electron chi connectivity index (χ2n) is 8.72. The van der Waals surface area contributed by atoms with E-state index < -0.39 is 12.0 Å². The molecule has 7 nitrogen and oxygen atoms in total. The van der Waals surface area contributed by atoms with Gasteiger partial charge < -0.3 is 15.7 Å². The number of carboxylic acids is 1. The van der Waals surface area contributed by atoms with Gasteiger partial charge in [0.25, 0.3) is 0 Å². The Balaban J connectivity index is 1.20. The smallest absolute Gasteiger partial charge is 0.325 e. The van der Waals surface area contributed by atoms with E-state index in [0.717, 1.165) is 62.1 Å². The van der Waals surface area contributed by atoms with Gasteiger partial charge in [-0.15, -0.1) is 0 Å². The van der Waals surface area contributed by atoms with Gasteiger partial charge in [-0.3, -0.25) is 14.5 Å². The predicted molar refractivity (Wildman–Crippen MR) is 124 cm³/mol. The van der Waals surface area contributed by atoms with Gasteiger partial charge in [-0.2, -0.15) is 0 Å². The highest BCUT2D eigenvalue weighted by Gasteiger charge is 2.31. The number of pyridine rings is 1. The van der Waals surface area contributed by atoms with Gasteiger partial charge in [-0.05, 0) is 55.7 Å². The molecule has 0 aliphatic carbocycles. The van der Waals surface area contributed by atoms with Crippen molar-refractivity contribution in [3.63, 3.8) is 0 Å². The first-order valence-corrected chi connectivity index (χ1v) is 11.6. The number of nitrogens with one attached hydrogen (secondary N) is 2. The molecule has 1 amide bonds.